The molecule has 146 valence electrons. The van der Waals surface area contributed by atoms with E-state index >= 15 is 0 Å². The number of halogens is 2. The van der Waals surface area contributed by atoms with Gasteiger partial charge in [0, 0.05) is 5.56 Å². The summed E-state index contributed by atoms with van der Waals surface area (Å²) in [6.07, 6.45) is 0. The molecule has 1 aliphatic rings. The third kappa shape index (κ3) is 3.45. The lowest BCUT2D eigenvalue weighted by Gasteiger charge is -2.22. The minimum absolute atomic E-state index is 0.0840. The highest BCUT2D eigenvalue weighted by Gasteiger charge is 2.49. The summed E-state index contributed by atoms with van der Waals surface area (Å²) in [7, 11) is 0. The van der Waals surface area contributed by atoms with Gasteiger partial charge in [-0.05, 0) is 55.8 Å². The van der Waals surface area contributed by atoms with Crippen LogP contribution >= 0.6 is 0 Å². The highest BCUT2D eigenvalue weighted by molar-refractivity contribution is 6.11. The van der Waals surface area contributed by atoms with Gasteiger partial charge in [-0.25, -0.2) is 13.6 Å². The van der Waals surface area contributed by atoms with Crippen molar-refractivity contribution in [2.75, 3.05) is 13.2 Å². The molecule has 0 saturated carbocycles. The zero-order valence-electron chi connectivity index (χ0n) is 15.3. The minimum Gasteiger partial charge on any atom is -0.494 e. The number of urea groups is 1. The Hall–Kier alpha value is -3.29. The molecule has 1 aliphatic heterocycles. The molecule has 0 spiro atoms. The van der Waals surface area contributed by atoms with E-state index in [1.807, 2.05) is 6.92 Å². The molecule has 1 N–H and O–H groups in total. The lowest BCUT2D eigenvalue weighted by Crippen LogP contribution is -2.41. The van der Waals surface area contributed by atoms with Crippen LogP contribution in [0.4, 0.5) is 13.6 Å². The van der Waals surface area contributed by atoms with Gasteiger partial charge in [0.05, 0.1) is 13.2 Å². The first-order valence-corrected chi connectivity index (χ1v) is 8.62. The molecule has 1 unspecified atom stereocenters. The fraction of sp³-hybridized carbons (Fsp3) is 0.250. The summed E-state index contributed by atoms with van der Waals surface area (Å²) in [5.41, 5.74) is -1.20. The maximum absolute atomic E-state index is 13.6. The van der Waals surface area contributed by atoms with Crippen LogP contribution < -0.4 is 10.1 Å². The fourth-order valence-electron chi connectivity index (χ4n) is 2.98. The van der Waals surface area contributed by atoms with Crippen LogP contribution in [0.25, 0.3) is 0 Å². The van der Waals surface area contributed by atoms with E-state index in [0.717, 1.165) is 17.0 Å². The first-order chi connectivity index (χ1) is 13.3. The average molecular weight is 388 g/mol. The number of hydrogen-bond acceptors (Lipinski definition) is 4. The van der Waals surface area contributed by atoms with Crippen molar-refractivity contribution in [1.82, 2.24) is 10.2 Å². The Kier molecular flexibility index (Phi) is 5.13. The van der Waals surface area contributed by atoms with E-state index in [-0.39, 0.29) is 5.56 Å². The molecule has 0 aromatic heterocycles. The van der Waals surface area contributed by atoms with Gasteiger partial charge in [0.15, 0.2) is 17.4 Å². The van der Waals surface area contributed by atoms with Gasteiger partial charge in [0.25, 0.3) is 5.91 Å². The minimum atomic E-state index is -1.59. The average Bonchev–Trinajstić information content (AvgIpc) is 2.89. The smallest absolute Gasteiger partial charge is 0.325 e. The van der Waals surface area contributed by atoms with E-state index in [4.69, 9.17) is 4.74 Å². The Morgan fingerprint density at radius 2 is 1.79 bits per heavy atom. The SMILES string of the molecule is CCOc1ccc(C(=O)CN2C(=O)NC(C)(c3ccc(F)c(F)c3)C2=O)cc1. The Bertz CT molecular complexity index is 946. The topological polar surface area (TPSA) is 75.7 Å². The van der Waals surface area contributed by atoms with Crippen molar-refractivity contribution in [2.24, 2.45) is 0 Å². The lowest BCUT2D eigenvalue weighted by molar-refractivity contribution is -0.130. The second-order valence-corrected chi connectivity index (χ2v) is 6.46. The molecule has 6 nitrogen and oxygen atoms in total. The summed E-state index contributed by atoms with van der Waals surface area (Å²) >= 11 is 0. The number of ether oxygens (including phenoxy) is 1. The van der Waals surface area contributed by atoms with Gasteiger partial charge in [-0.3, -0.25) is 14.5 Å². The van der Waals surface area contributed by atoms with Gasteiger partial charge >= 0.3 is 6.03 Å². The van der Waals surface area contributed by atoms with Gasteiger partial charge in [-0.2, -0.15) is 0 Å². The predicted octanol–water partition coefficient (Wildman–Crippen LogP) is 3.01. The molecule has 0 radical (unpaired) electrons. The van der Waals surface area contributed by atoms with E-state index in [0.29, 0.717) is 17.9 Å². The van der Waals surface area contributed by atoms with Crippen LogP contribution in [-0.4, -0.2) is 35.8 Å². The molecule has 1 atom stereocenters. The number of rotatable bonds is 6. The molecule has 2 aromatic rings. The number of benzene rings is 2. The Morgan fingerprint density at radius 1 is 1.11 bits per heavy atom. The number of amides is 3. The first-order valence-electron chi connectivity index (χ1n) is 8.62. The van der Waals surface area contributed by atoms with Crippen LogP contribution in [0.2, 0.25) is 0 Å². The van der Waals surface area contributed by atoms with E-state index in [1.165, 1.54) is 13.0 Å². The molecule has 2 aromatic carbocycles. The summed E-state index contributed by atoms with van der Waals surface area (Å²) in [5, 5.41) is 2.45. The van der Waals surface area contributed by atoms with Gasteiger partial charge in [-0.15, -0.1) is 0 Å². The number of hydrogen-bond donors (Lipinski definition) is 1. The number of imide groups is 1. The summed E-state index contributed by atoms with van der Waals surface area (Å²) in [6, 6.07) is 8.49. The molecule has 3 rings (SSSR count). The normalized spacial score (nSPS) is 18.9. The van der Waals surface area contributed by atoms with Crippen molar-refractivity contribution < 1.29 is 27.9 Å². The van der Waals surface area contributed by atoms with E-state index in [2.05, 4.69) is 5.32 Å². The fourth-order valence-corrected chi connectivity index (χ4v) is 2.98. The number of carbonyl (C=O) groups is 3. The van der Waals surface area contributed by atoms with E-state index in [1.54, 1.807) is 24.3 Å². The second-order valence-electron chi connectivity index (χ2n) is 6.46. The van der Waals surface area contributed by atoms with Crippen LogP contribution in [0, 0.1) is 11.6 Å². The van der Waals surface area contributed by atoms with Crippen molar-refractivity contribution in [2.45, 2.75) is 19.4 Å². The Balaban J connectivity index is 1.79. The summed E-state index contributed by atoms with van der Waals surface area (Å²) in [5.74, 6) is -2.76. The number of nitrogens with one attached hydrogen (secondary N) is 1. The maximum atomic E-state index is 13.6. The Labute approximate surface area is 160 Å². The highest BCUT2D eigenvalue weighted by Crippen LogP contribution is 2.30. The molecule has 0 bridgehead atoms. The molecule has 1 heterocycles. The molecular weight excluding hydrogens is 370 g/mol. The van der Waals surface area contributed by atoms with Crippen molar-refractivity contribution in [1.29, 1.82) is 0 Å². The van der Waals surface area contributed by atoms with Crippen molar-refractivity contribution >= 4 is 17.7 Å². The molecule has 3 amide bonds. The van der Waals surface area contributed by atoms with Gasteiger partial charge < -0.3 is 10.1 Å². The standard InChI is InChI=1S/C20H18F2N2O4/c1-3-28-14-7-4-12(5-8-14)17(25)11-24-18(26)20(2,23-19(24)27)13-6-9-15(21)16(22)10-13/h4-10H,3,11H2,1-2H3,(H,23,27). The Morgan fingerprint density at radius 3 is 2.39 bits per heavy atom. The maximum Gasteiger partial charge on any atom is 0.325 e. The molecule has 8 heteroatoms. The molecule has 0 aliphatic carbocycles. The molecule has 1 fully saturated rings. The molecule has 1 saturated heterocycles. The van der Waals surface area contributed by atoms with Crippen LogP contribution in [0.3, 0.4) is 0 Å². The number of carbonyl (C=O) groups excluding carboxylic acids is 3. The van der Waals surface area contributed by atoms with Crippen molar-refractivity contribution in [3.63, 3.8) is 0 Å². The monoisotopic (exact) mass is 388 g/mol. The zero-order chi connectivity index (χ0) is 20.5. The van der Waals surface area contributed by atoms with Gasteiger partial charge in [0.2, 0.25) is 0 Å². The summed E-state index contributed by atoms with van der Waals surface area (Å²) in [4.78, 5) is 38.3. The van der Waals surface area contributed by atoms with Crippen molar-refractivity contribution in [3.8, 4) is 5.75 Å². The third-order valence-electron chi connectivity index (χ3n) is 4.56. The molecular formula is C20H18F2N2O4. The van der Waals surface area contributed by atoms with Crippen LogP contribution in [-0.2, 0) is 10.3 Å². The summed E-state index contributed by atoms with van der Waals surface area (Å²) < 4.78 is 32.1. The second kappa shape index (κ2) is 7.38. The largest absolute Gasteiger partial charge is 0.494 e. The van der Waals surface area contributed by atoms with Crippen molar-refractivity contribution in [3.05, 3.63) is 65.2 Å². The zero-order valence-corrected chi connectivity index (χ0v) is 15.3. The predicted molar refractivity (Wildman–Crippen MR) is 95.9 cm³/mol. The quantitative estimate of drug-likeness (QED) is 0.610. The first kappa shape index (κ1) is 19.5. The van der Waals surface area contributed by atoms with Gasteiger partial charge in [-0.1, -0.05) is 6.07 Å². The summed E-state index contributed by atoms with van der Waals surface area (Å²) in [6.45, 7) is 3.22. The van der Waals surface area contributed by atoms with E-state index < -0.39 is 41.4 Å². The molecule has 28 heavy (non-hydrogen) atoms. The number of nitrogens with zero attached hydrogens (tertiary/aromatic N) is 1. The highest BCUT2D eigenvalue weighted by atomic mass is 19.2. The number of ketones is 1. The van der Waals surface area contributed by atoms with Crippen LogP contribution in [0.1, 0.15) is 29.8 Å². The number of Topliss-reactive ketones (excluding diaryl/α,β-unsaturated/α-hetero) is 1. The van der Waals surface area contributed by atoms with Gasteiger partial charge in [0.1, 0.15) is 11.3 Å². The van der Waals surface area contributed by atoms with E-state index in [9.17, 15) is 23.2 Å². The third-order valence-corrected chi connectivity index (χ3v) is 4.56. The van der Waals surface area contributed by atoms with Crippen LogP contribution in [0.5, 0.6) is 5.75 Å². The van der Waals surface area contributed by atoms with Crippen LogP contribution in [0.15, 0.2) is 42.5 Å². The lowest BCUT2D eigenvalue weighted by atomic mass is 9.92.